The fourth-order valence-corrected chi connectivity index (χ4v) is 1.75. The Morgan fingerprint density at radius 1 is 1.22 bits per heavy atom. The fraction of sp³-hybridized carbons (Fsp3) is 0.455. The number of rotatable bonds is 6. The van der Waals surface area contributed by atoms with E-state index in [1.807, 2.05) is 0 Å². The summed E-state index contributed by atoms with van der Waals surface area (Å²) < 4.78 is 0. The molecule has 0 spiro atoms. The Hall–Kier alpha value is -2.18. The first-order valence-electron chi connectivity index (χ1n) is 5.74. The van der Waals surface area contributed by atoms with Crippen LogP contribution in [0.2, 0.25) is 0 Å². The lowest BCUT2D eigenvalue weighted by Gasteiger charge is -2.06. The van der Waals surface area contributed by atoms with Crippen molar-refractivity contribution in [1.29, 1.82) is 0 Å². The summed E-state index contributed by atoms with van der Waals surface area (Å²) in [5.74, 6) is 0.731. The van der Waals surface area contributed by atoms with E-state index >= 15 is 0 Å². The van der Waals surface area contributed by atoms with Crippen molar-refractivity contribution in [3.63, 3.8) is 0 Å². The number of anilines is 1. The maximum atomic E-state index is 10.8. The fourth-order valence-electron chi connectivity index (χ4n) is 1.75. The van der Waals surface area contributed by atoms with Gasteiger partial charge in [0.15, 0.2) is 0 Å². The van der Waals surface area contributed by atoms with Crippen molar-refractivity contribution >= 4 is 17.1 Å². The van der Waals surface area contributed by atoms with Crippen LogP contribution in [0.25, 0.3) is 0 Å². The standard InChI is InChI=1S/C11H13N3O4/c15-13(16)9-3-4-10(11(7-9)14(17)18)12-6-5-8-1-2-8/h3-4,7-8,12H,1-2,5-6H2. The first kappa shape index (κ1) is 12.3. The molecule has 1 aromatic carbocycles. The summed E-state index contributed by atoms with van der Waals surface area (Å²) in [7, 11) is 0. The highest BCUT2D eigenvalue weighted by atomic mass is 16.6. The SMILES string of the molecule is O=[N+]([O-])c1ccc(NCCC2CC2)c([N+](=O)[O-])c1. The maximum absolute atomic E-state index is 10.8. The predicted molar refractivity (Wildman–Crippen MR) is 65.6 cm³/mol. The van der Waals surface area contributed by atoms with E-state index in [4.69, 9.17) is 0 Å². The molecule has 1 fully saturated rings. The van der Waals surface area contributed by atoms with Crippen LogP contribution in [-0.2, 0) is 0 Å². The normalized spacial score (nSPS) is 14.2. The molecule has 0 radical (unpaired) electrons. The van der Waals surface area contributed by atoms with Crippen molar-refractivity contribution in [3.8, 4) is 0 Å². The molecule has 1 saturated carbocycles. The lowest BCUT2D eigenvalue weighted by molar-refractivity contribution is -0.393. The first-order chi connectivity index (χ1) is 8.58. The summed E-state index contributed by atoms with van der Waals surface area (Å²) in [6.45, 7) is 0.656. The van der Waals surface area contributed by atoms with E-state index < -0.39 is 9.85 Å². The highest BCUT2D eigenvalue weighted by molar-refractivity contribution is 5.65. The summed E-state index contributed by atoms with van der Waals surface area (Å²) in [5.41, 5.74) is -0.180. The van der Waals surface area contributed by atoms with Gasteiger partial charge < -0.3 is 5.32 Å². The molecule has 1 aliphatic carbocycles. The minimum atomic E-state index is -0.638. The zero-order valence-corrected chi connectivity index (χ0v) is 9.67. The van der Waals surface area contributed by atoms with Crippen LogP contribution in [0.1, 0.15) is 19.3 Å². The van der Waals surface area contributed by atoms with Gasteiger partial charge in [-0.25, -0.2) is 0 Å². The number of non-ortho nitro benzene ring substituents is 1. The van der Waals surface area contributed by atoms with Gasteiger partial charge in [-0.2, -0.15) is 0 Å². The molecule has 18 heavy (non-hydrogen) atoms. The van der Waals surface area contributed by atoms with Crippen LogP contribution in [0.15, 0.2) is 18.2 Å². The smallest absolute Gasteiger partial charge is 0.299 e. The highest BCUT2D eigenvalue weighted by Gasteiger charge is 2.22. The Morgan fingerprint density at radius 2 is 1.94 bits per heavy atom. The summed E-state index contributed by atoms with van der Waals surface area (Å²) in [6.07, 6.45) is 3.43. The van der Waals surface area contributed by atoms with Crippen molar-refractivity contribution in [2.75, 3.05) is 11.9 Å². The van der Waals surface area contributed by atoms with E-state index in [2.05, 4.69) is 5.32 Å². The van der Waals surface area contributed by atoms with Crippen LogP contribution in [0.5, 0.6) is 0 Å². The molecule has 0 saturated heterocycles. The van der Waals surface area contributed by atoms with E-state index in [1.54, 1.807) is 0 Å². The number of nitro groups is 2. The van der Waals surface area contributed by atoms with Gasteiger partial charge in [0.1, 0.15) is 5.69 Å². The molecule has 1 N–H and O–H groups in total. The van der Waals surface area contributed by atoms with Crippen molar-refractivity contribution in [2.45, 2.75) is 19.3 Å². The summed E-state index contributed by atoms with van der Waals surface area (Å²) in [6, 6.07) is 3.65. The van der Waals surface area contributed by atoms with Crippen LogP contribution < -0.4 is 5.32 Å². The topological polar surface area (TPSA) is 98.3 Å². The Balaban J connectivity index is 2.11. The number of nitrogens with zero attached hydrogens (tertiary/aromatic N) is 2. The lowest BCUT2D eigenvalue weighted by atomic mass is 10.2. The minimum absolute atomic E-state index is 0.250. The second kappa shape index (κ2) is 4.99. The van der Waals surface area contributed by atoms with Gasteiger partial charge in [0, 0.05) is 12.6 Å². The number of hydrogen-bond donors (Lipinski definition) is 1. The van der Waals surface area contributed by atoms with Gasteiger partial charge in [0.05, 0.1) is 15.9 Å². The third-order valence-corrected chi connectivity index (χ3v) is 2.95. The first-order valence-corrected chi connectivity index (χ1v) is 5.74. The molecule has 2 rings (SSSR count). The van der Waals surface area contributed by atoms with Crippen molar-refractivity contribution in [1.82, 2.24) is 0 Å². The van der Waals surface area contributed by atoms with Gasteiger partial charge in [0.25, 0.3) is 11.4 Å². The van der Waals surface area contributed by atoms with Crippen LogP contribution in [0, 0.1) is 26.1 Å². The third kappa shape index (κ3) is 2.93. The van der Waals surface area contributed by atoms with Crippen LogP contribution in [0.3, 0.4) is 0 Å². The predicted octanol–water partition coefficient (Wildman–Crippen LogP) is 2.72. The second-order valence-electron chi connectivity index (χ2n) is 4.37. The third-order valence-electron chi connectivity index (χ3n) is 2.95. The van der Waals surface area contributed by atoms with Crippen LogP contribution in [0.4, 0.5) is 17.1 Å². The summed E-state index contributed by atoms with van der Waals surface area (Å²) in [5, 5.41) is 24.4. The molecule has 0 aliphatic heterocycles. The Labute approximate surface area is 103 Å². The molecule has 0 unspecified atom stereocenters. The number of nitrogens with one attached hydrogen (secondary N) is 1. The zero-order chi connectivity index (χ0) is 13.1. The molecule has 1 aliphatic rings. The van der Waals surface area contributed by atoms with E-state index in [1.165, 1.54) is 25.0 Å². The Morgan fingerprint density at radius 3 is 2.50 bits per heavy atom. The minimum Gasteiger partial charge on any atom is -0.379 e. The molecule has 0 amide bonds. The quantitative estimate of drug-likeness (QED) is 0.619. The van der Waals surface area contributed by atoms with E-state index in [0.717, 1.165) is 18.4 Å². The van der Waals surface area contributed by atoms with E-state index in [9.17, 15) is 20.2 Å². The van der Waals surface area contributed by atoms with Gasteiger partial charge in [0.2, 0.25) is 0 Å². The van der Waals surface area contributed by atoms with Gasteiger partial charge in [-0.1, -0.05) is 12.8 Å². The molecule has 1 aromatic rings. The van der Waals surface area contributed by atoms with Gasteiger partial charge in [-0.15, -0.1) is 0 Å². The zero-order valence-electron chi connectivity index (χ0n) is 9.67. The molecular formula is C11H13N3O4. The largest absolute Gasteiger partial charge is 0.379 e. The molecule has 0 aromatic heterocycles. The van der Waals surface area contributed by atoms with E-state index in [-0.39, 0.29) is 11.4 Å². The highest BCUT2D eigenvalue weighted by Crippen LogP contribution is 2.33. The molecule has 7 nitrogen and oxygen atoms in total. The summed E-state index contributed by atoms with van der Waals surface area (Å²) >= 11 is 0. The molecule has 7 heteroatoms. The molecular weight excluding hydrogens is 238 g/mol. The average molecular weight is 251 g/mol. The number of benzene rings is 1. The molecule has 0 atom stereocenters. The maximum Gasteiger partial charge on any atom is 0.299 e. The van der Waals surface area contributed by atoms with Gasteiger partial charge in [-0.05, 0) is 18.4 Å². The van der Waals surface area contributed by atoms with Gasteiger partial charge >= 0.3 is 0 Å². The molecule has 0 bridgehead atoms. The lowest BCUT2D eigenvalue weighted by Crippen LogP contribution is -2.05. The molecule has 96 valence electrons. The van der Waals surface area contributed by atoms with Crippen molar-refractivity contribution in [2.24, 2.45) is 5.92 Å². The monoisotopic (exact) mass is 251 g/mol. The Kier molecular flexibility index (Phi) is 3.40. The average Bonchev–Trinajstić information content (AvgIpc) is 3.13. The molecule has 0 heterocycles. The van der Waals surface area contributed by atoms with Gasteiger partial charge in [-0.3, -0.25) is 20.2 Å². The van der Waals surface area contributed by atoms with Crippen molar-refractivity contribution < 1.29 is 9.85 Å². The number of nitro benzene ring substituents is 2. The second-order valence-corrected chi connectivity index (χ2v) is 4.37. The Bertz CT molecular complexity index is 485. The van der Waals surface area contributed by atoms with Crippen LogP contribution >= 0.6 is 0 Å². The number of hydrogen-bond acceptors (Lipinski definition) is 5. The van der Waals surface area contributed by atoms with Crippen molar-refractivity contribution in [3.05, 3.63) is 38.4 Å². The van der Waals surface area contributed by atoms with E-state index in [0.29, 0.717) is 12.2 Å². The summed E-state index contributed by atoms with van der Waals surface area (Å²) in [4.78, 5) is 20.2. The van der Waals surface area contributed by atoms with Crippen LogP contribution in [-0.4, -0.2) is 16.4 Å².